The Morgan fingerprint density at radius 2 is 1.68 bits per heavy atom. The van der Waals surface area contributed by atoms with Gasteiger partial charge in [-0.15, -0.1) is 0 Å². The first-order valence-corrected chi connectivity index (χ1v) is 11.1. The van der Waals surface area contributed by atoms with Crippen LogP contribution in [0.2, 0.25) is 0 Å². The molecular weight excluding hydrogens is 434 g/mol. The van der Waals surface area contributed by atoms with Crippen LogP contribution >= 0.6 is 0 Å². The van der Waals surface area contributed by atoms with Gasteiger partial charge in [0.2, 0.25) is 5.43 Å². The summed E-state index contributed by atoms with van der Waals surface area (Å²) in [7, 11) is 5.00. The number of aryl methyl sites for hydroxylation is 1. The zero-order valence-electron chi connectivity index (χ0n) is 19.7. The van der Waals surface area contributed by atoms with Crippen LogP contribution in [0.4, 0.5) is 5.69 Å². The van der Waals surface area contributed by atoms with E-state index in [9.17, 15) is 9.59 Å². The van der Waals surface area contributed by atoms with Gasteiger partial charge < -0.3 is 28.6 Å². The molecule has 8 nitrogen and oxygen atoms in total. The number of pyridine rings is 1. The fraction of sp³-hybridized carbons (Fsp3) is 0.308. The van der Waals surface area contributed by atoms with E-state index in [-0.39, 0.29) is 23.7 Å². The molecule has 178 valence electrons. The van der Waals surface area contributed by atoms with Gasteiger partial charge in [-0.3, -0.25) is 9.59 Å². The van der Waals surface area contributed by atoms with E-state index in [0.717, 1.165) is 22.7 Å². The van der Waals surface area contributed by atoms with Crippen molar-refractivity contribution in [1.82, 2.24) is 9.47 Å². The average molecular weight is 464 g/mol. The van der Waals surface area contributed by atoms with Gasteiger partial charge in [0.05, 0.1) is 26.1 Å². The number of hydrogen-bond donors (Lipinski definition) is 0. The zero-order valence-corrected chi connectivity index (χ0v) is 19.7. The minimum atomic E-state index is -0.322. The minimum absolute atomic E-state index is 0.168. The molecule has 2 heterocycles. The van der Waals surface area contributed by atoms with Crippen LogP contribution in [0.25, 0.3) is 0 Å². The molecule has 1 aromatic heterocycles. The summed E-state index contributed by atoms with van der Waals surface area (Å²) in [6.07, 6.45) is 1.57. The molecule has 1 fully saturated rings. The molecule has 1 amide bonds. The van der Waals surface area contributed by atoms with Gasteiger partial charge in [-0.25, -0.2) is 0 Å². The minimum Gasteiger partial charge on any atom is -0.497 e. The van der Waals surface area contributed by atoms with Crippen LogP contribution in [0.15, 0.2) is 65.6 Å². The highest BCUT2D eigenvalue weighted by Gasteiger charge is 2.25. The maximum absolute atomic E-state index is 13.2. The van der Waals surface area contributed by atoms with Gasteiger partial charge in [0.1, 0.15) is 23.8 Å². The monoisotopic (exact) mass is 463 g/mol. The Labute approximate surface area is 198 Å². The molecule has 1 aliphatic heterocycles. The molecule has 0 bridgehead atoms. The summed E-state index contributed by atoms with van der Waals surface area (Å²) in [5, 5.41) is 0. The summed E-state index contributed by atoms with van der Waals surface area (Å²) < 4.78 is 18.1. The normalized spacial score (nSPS) is 13.5. The van der Waals surface area contributed by atoms with Gasteiger partial charge in [0.15, 0.2) is 5.75 Å². The van der Waals surface area contributed by atoms with Crippen LogP contribution in [0.5, 0.6) is 17.2 Å². The van der Waals surface area contributed by atoms with Gasteiger partial charge in [0, 0.05) is 39.3 Å². The van der Waals surface area contributed by atoms with Gasteiger partial charge in [0.25, 0.3) is 5.91 Å². The molecule has 0 radical (unpaired) electrons. The molecule has 0 spiro atoms. The highest BCUT2D eigenvalue weighted by Crippen LogP contribution is 2.28. The molecule has 1 saturated heterocycles. The average Bonchev–Trinajstić information content (AvgIpc) is 2.88. The van der Waals surface area contributed by atoms with E-state index in [4.69, 9.17) is 14.2 Å². The molecule has 0 unspecified atom stereocenters. The predicted molar refractivity (Wildman–Crippen MR) is 130 cm³/mol. The summed E-state index contributed by atoms with van der Waals surface area (Å²) >= 11 is 0. The van der Waals surface area contributed by atoms with Crippen LogP contribution in [0, 0.1) is 0 Å². The van der Waals surface area contributed by atoms with Gasteiger partial charge in [-0.05, 0) is 29.8 Å². The predicted octanol–water partition coefficient (Wildman–Crippen LogP) is 2.94. The Morgan fingerprint density at radius 3 is 2.41 bits per heavy atom. The summed E-state index contributed by atoms with van der Waals surface area (Å²) in [5.74, 6) is 1.57. The van der Waals surface area contributed by atoms with E-state index >= 15 is 0 Å². The molecule has 2 aromatic carbocycles. The maximum Gasteiger partial charge on any atom is 0.270 e. The Morgan fingerprint density at radius 1 is 0.912 bits per heavy atom. The molecule has 34 heavy (non-hydrogen) atoms. The molecule has 0 N–H and O–H groups in total. The lowest BCUT2D eigenvalue weighted by atomic mass is 10.2. The molecular formula is C26H29N3O5. The SMILES string of the molecule is COc1cccc(COc2cn(C)c(C(=O)N3CCN(c4ccccc4OC)CC3)cc2=O)c1. The number of aromatic nitrogens is 1. The first kappa shape index (κ1) is 23.2. The topological polar surface area (TPSA) is 73.2 Å². The fourth-order valence-electron chi connectivity index (χ4n) is 4.05. The second-order valence-electron chi connectivity index (χ2n) is 8.09. The van der Waals surface area contributed by atoms with E-state index in [1.54, 1.807) is 36.9 Å². The molecule has 4 rings (SSSR count). The zero-order chi connectivity index (χ0) is 24.1. The number of anilines is 1. The van der Waals surface area contributed by atoms with Gasteiger partial charge >= 0.3 is 0 Å². The fourth-order valence-corrected chi connectivity index (χ4v) is 4.05. The molecule has 0 saturated carbocycles. The summed E-state index contributed by atoms with van der Waals surface area (Å²) in [4.78, 5) is 29.8. The van der Waals surface area contributed by atoms with E-state index in [2.05, 4.69) is 4.90 Å². The van der Waals surface area contributed by atoms with Crippen LogP contribution in [0.3, 0.4) is 0 Å². The van der Waals surface area contributed by atoms with Crippen molar-refractivity contribution < 1.29 is 19.0 Å². The standard InChI is InChI=1S/C26H29N3O5/c1-27-17-25(34-18-19-7-6-8-20(15-19)32-2)23(30)16-22(27)26(31)29-13-11-28(12-14-29)21-9-4-5-10-24(21)33-3/h4-10,15-17H,11-14,18H2,1-3H3. The Hall–Kier alpha value is -3.94. The lowest BCUT2D eigenvalue weighted by Crippen LogP contribution is -2.49. The molecule has 1 aliphatic rings. The number of methoxy groups -OCH3 is 2. The van der Waals surface area contributed by atoms with Crippen molar-refractivity contribution in [2.45, 2.75) is 6.61 Å². The van der Waals surface area contributed by atoms with E-state index in [0.29, 0.717) is 31.9 Å². The number of amides is 1. The van der Waals surface area contributed by atoms with E-state index in [1.807, 2.05) is 48.5 Å². The van der Waals surface area contributed by atoms with Gasteiger partial charge in [-0.1, -0.05) is 24.3 Å². The number of para-hydroxylation sites is 2. The second kappa shape index (κ2) is 10.3. The quantitative estimate of drug-likeness (QED) is 0.537. The first-order chi connectivity index (χ1) is 16.5. The van der Waals surface area contributed by atoms with Crippen LogP contribution in [-0.2, 0) is 13.7 Å². The number of carbonyl (C=O) groups excluding carboxylic acids is 1. The Kier molecular flexibility index (Phi) is 7.06. The van der Waals surface area contributed by atoms with Crippen molar-refractivity contribution in [1.29, 1.82) is 0 Å². The first-order valence-electron chi connectivity index (χ1n) is 11.1. The second-order valence-corrected chi connectivity index (χ2v) is 8.09. The number of benzene rings is 2. The van der Waals surface area contributed by atoms with Crippen LogP contribution < -0.4 is 24.5 Å². The summed E-state index contributed by atoms with van der Waals surface area (Å²) in [6.45, 7) is 2.70. The third-order valence-corrected chi connectivity index (χ3v) is 5.94. The highest BCUT2D eigenvalue weighted by atomic mass is 16.5. The molecule has 8 heteroatoms. The Balaban J connectivity index is 1.42. The number of ether oxygens (including phenoxy) is 3. The number of hydrogen-bond acceptors (Lipinski definition) is 6. The van der Waals surface area contributed by atoms with Crippen molar-refractivity contribution in [3.63, 3.8) is 0 Å². The third-order valence-electron chi connectivity index (χ3n) is 5.94. The molecule has 0 atom stereocenters. The molecule has 3 aromatic rings. The van der Waals surface area contributed by atoms with Crippen molar-refractivity contribution >= 4 is 11.6 Å². The number of rotatable bonds is 7. The summed E-state index contributed by atoms with van der Waals surface area (Å²) in [6, 6.07) is 16.7. The van der Waals surface area contributed by atoms with Crippen molar-refractivity contribution in [3.8, 4) is 17.2 Å². The third kappa shape index (κ3) is 5.01. The number of piperazine rings is 1. The van der Waals surface area contributed by atoms with Crippen molar-refractivity contribution in [2.24, 2.45) is 7.05 Å². The van der Waals surface area contributed by atoms with E-state index < -0.39 is 0 Å². The maximum atomic E-state index is 13.2. The van der Waals surface area contributed by atoms with Crippen molar-refractivity contribution in [3.05, 3.63) is 82.3 Å². The summed E-state index contributed by atoms with van der Waals surface area (Å²) in [5.41, 5.74) is 1.91. The number of nitrogens with zero attached hydrogens (tertiary/aromatic N) is 3. The van der Waals surface area contributed by atoms with Crippen LogP contribution in [-0.4, -0.2) is 55.8 Å². The number of carbonyl (C=O) groups is 1. The van der Waals surface area contributed by atoms with Crippen LogP contribution in [0.1, 0.15) is 16.1 Å². The van der Waals surface area contributed by atoms with E-state index in [1.165, 1.54) is 6.07 Å². The lowest BCUT2D eigenvalue weighted by Gasteiger charge is -2.36. The highest BCUT2D eigenvalue weighted by molar-refractivity contribution is 5.92. The Bertz CT molecular complexity index is 1220. The smallest absolute Gasteiger partial charge is 0.270 e. The molecule has 0 aliphatic carbocycles. The lowest BCUT2D eigenvalue weighted by molar-refractivity contribution is 0.0735. The van der Waals surface area contributed by atoms with Crippen molar-refractivity contribution in [2.75, 3.05) is 45.3 Å². The largest absolute Gasteiger partial charge is 0.497 e. The van der Waals surface area contributed by atoms with Gasteiger partial charge in [-0.2, -0.15) is 0 Å².